The Hall–Kier alpha value is -1.22. The lowest BCUT2D eigenvalue weighted by molar-refractivity contribution is -0.236. The molecule has 0 aromatic heterocycles. The maximum atomic E-state index is 12.7. The van der Waals surface area contributed by atoms with Crippen LogP contribution in [0, 0.1) is 0 Å². The van der Waals surface area contributed by atoms with Gasteiger partial charge in [-0.15, -0.1) is 0 Å². The third-order valence-electron chi connectivity index (χ3n) is 4.42. The second kappa shape index (κ2) is 6.15. The Morgan fingerprint density at radius 1 is 0.923 bits per heavy atom. The van der Waals surface area contributed by atoms with Gasteiger partial charge < -0.3 is 28.4 Å². The van der Waals surface area contributed by atoms with Gasteiger partial charge >= 0.3 is 5.97 Å². The SMILES string of the molecule is CC1(C)O[C@@H]2[C@@H](O1)[C@H](C(=O)Oc1ccc(Cl)cc1)O[C@H]1OC(C)(C)O[C@@H]12. The van der Waals surface area contributed by atoms with Gasteiger partial charge in [-0.05, 0) is 52.0 Å². The van der Waals surface area contributed by atoms with Crippen LogP contribution < -0.4 is 4.74 Å². The molecule has 3 aliphatic rings. The van der Waals surface area contributed by atoms with E-state index in [1.165, 1.54) is 0 Å². The molecule has 0 amide bonds. The summed E-state index contributed by atoms with van der Waals surface area (Å²) in [6.45, 7) is 7.13. The number of benzene rings is 1. The highest BCUT2D eigenvalue weighted by atomic mass is 35.5. The number of carbonyl (C=O) groups excluding carboxylic acids is 1. The highest BCUT2D eigenvalue weighted by molar-refractivity contribution is 6.30. The van der Waals surface area contributed by atoms with Crippen LogP contribution in [0.25, 0.3) is 0 Å². The fraction of sp³-hybridized carbons (Fsp3) is 0.611. The number of halogens is 1. The minimum Gasteiger partial charge on any atom is -0.425 e. The molecule has 7 nitrogen and oxygen atoms in total. The first-order valence-corrected chi connectivity index (χ1v) is 8.85. The summed E-state index contributed by atoms with van der Waals surface area (Å²) in [6.07, 6.45) is -3.41. The van der Waals surface area contributed by atoms with Crippen LogP contribution >= 0.6 is 11.6 Å². The number of rotatable bonds is 2. The lowest BCUT2D eigenvalue weighted by Crippen LogP contribution is -2.58. The molecule has 4 rings (SSSR count). The van der Waals surface area contributed by atoms with Crippen LogP contribution in [0.5, 0.6) is 5.75 Å². The maximum Gasteiger partial charge on any atom is 0.343 e. The standard InChI is InChI=1S/C18H21ClO7/c1-17(2)23-11-12(24-17)14-16(26-18(3,4)25-14)22-13(11)15(20)21-10-7-5-9(19)6-8-10/h5-8,11-14,16H,1-4H3/t11-,12-,13-,14-,16+/m1/s1. The van der Waals surface area contributed by atoms with Gasteiger partial charge in [-0.3, -0.25) is 0 Å². The summed E-state index contributed by atoms with van der Waals surface area (Å²) >= 11 is 5.86. The van der Waals surface area contributed by atoms with Crippen LogP contribution in [0.4, 0.5) is 0 Å². The second-order valence-corrected chi connectivity index (χ2v) is 7.90. The highest BCUT2D eigenvalue weighted by Crippen LogP contribution is 2.44. The molecule has 0 spiro atoms. The minimum atomic E-state index is -1.00. The molecule has 3 fully saturated rings. The molecule has 0 N–H and O–H groups in total. The number of ether oxygens (including phenoxy) is 6. The number of hydrogen-bond acceptors (Lipinski definition) is 7. The molecular weight excluding hydrogens is 364 g/mol. The van der Waals surface area contributed by atoms with E-state index in [4.69, 9.17) is 40.0 Å². The summed E-state index contributed by atoms with van der Waals surface area (Å²) in [5, 5.41) is 0.551. The molecular formula is C18H21ClO7. The van der Waals surface area contributed by atoms with Crippen LogP contribution in [-0.2, 0) is 28.5 Å². The molecule has 5 atom stereocenters. The molecule has 142 valence electrons. The first kappa shape index (κ1) is 18.2. The predicted octanol–water partition coefficient (Wildman–Crippen LogP) is 2.64. The minimum absolute atomic E-state index is 0.365. The molecule has 0 radical (unpaired) electrons. The predicted molar refractivity (Wildman–Crippen MR) is 89.6 cm³/mol. The summed E-state index contributed by atoms with van der Waals surface area (Å²) in [4.78, 5) is 12.7. The van der Waals surface area contributed by atoms with E-state index >= 15 is 0 Å². The van der Waals surface area contributed by atoms with Gasteiger partial charge in [0.05, 0.1) is 0 Å². The molecule has 26 heavy (non-hydrogen) atoms. The zero-order valence-corrected chi connectivity index (χ0v) is 15.7. The summed E-state index contributed by atoms with van der Waals surface area (Å²) in [5.41, 5.74) is 0. The van der Waals surface area contributed by atoms with E-state index in [1.54, 1.807) is 52.0 Å². The molecule has 0 bridgehead atoms. The van der Waals surface area contributed by atoms with E-state index in [0.29, 0.717) is 10.8 Å². The van der Waals surface area contributed by atoms with Crippen molar-refractivity contribution < 1.29 is 33.2 Å². The Morgan fingerprint density at radius 2 is 1.50 bits per heavy atom. The van der Waals surface area contributed by atoms with E-state index in [9.17, 15) is 4.79 Å². The van der Waals surface area contributed by atoms with Crippen molar-refractivity contribution in [2.75, 3.05) is 0 Å². The summed E-state index contributed by atoms with van der Waals surface area (Å²) in [7, 11) is 0. The molecule has 3 heterocycles. The number of hydrogen-bond donors (Lipinski definition) is 0. The van der Waals surface area contributed by atoms with Crippen molar-refractivity contribution >= 4 is 17.6 Å². The van der Waals surface area contributed by atoms with Crippen LogP contribution in [0.15, 0.2) is 24.3 Å². The van der Waals surface area contributed by atoms with E-state index in [1.807, 2.05) is 0 Å². The van der Waals surface area contributed by atoms with Gasteiger partial charge in [0, 0.05) is 5.02 Å². The Morgan fingerprint density at radius 3 is 2.19 bits per heavy atom. The van der Waals surface area contributed by atoms with Gasteiger partial charge in [-0.25, -0.2) is 4.79 Å². The summed E-state index contributed by atoms with van der Waals surface area (Å²) in [5.74, 6) is -1.94. The highest BCUT2D eigenvalue weighted by Gasteiger charge is 2.62. The van der Waals surface area contributed by atoms with Crippen LogP contribution in [0.2, 0.25) is 5.02 Å². The number of fused-ring (bicyclic) bond motifs is 3. The Bertz CT molecular complexity index is 702. The topological polar surface area (TPSA) is 72.5 Å². The molecule has 3 saturated heterocycles. The van der Waals surface area contributed by atoms with Gasteiger partial charge in [0.1, 0.15) is 24.1 Å². The fourth-order valence-electron chi connectivity index (χ4n) is 3.48. The summed E-state index contributed by atoms with van der Waals surface area (Å²) < 4.78 is 34.8. The second-order valence-electron chi connectivity index (χ2n) is 7.47. The Kier molecular flexibility index (Phi) is 4.30. The quantitative estimate of drug-likeness (QED) is 0.573. The Balaban J connectivity index is 1.57. The first-order chi connectivity index (χ1) is 12.1. The van der Waals surface area contributed by atoms with E-state index < -0.39 is 48.2 Å². The van der Waals surface area contributed by atoms with Crippen molar-refractivity contribution in [1.82, 2.24) is 0 Å². The average Bonchev–Trinajstić information content (AvgIpc) is 3.02. The zero-order chi connectivity index (χ0) is 18.7. The third kappa shape index (κ3) is 3.35. The van der Waals surface area contributed by atoms with Gasteiger partial charge in [0.2, 0.25) is 0 Å². The van der Waals surface area contributed by atoms with Gasteiger partial charge in [0.25, 0.3) is 0 Å². The van der Waals surface area contributed by atoms with E-state index in [0.717, 1.165) is 0 Å². The average molecular weight is 385 g/mol. The van der Waals surface area contributed by atoms with E-state index in [2.05, 4.69) is 0 Å². The lowest BCUT2D eigenvalue weighted by Gasteiger charge is -2.35. The van der Waals surface area contributed by atoms with Crippen molar-refractivity contribution in [2.45, 2.75) is 70.0 Å². The molecule has 3 aliphatic heterocycles. The van der Waals surface area contributed by atoms with Gasteiger partial charge in [-0.1, -0.05) is 11.6 Å². The van der Waals surface area contributed by atoms with E-state index in [-0.39, 0.29) is 0 Å². The lowest BCUT2D eigenvalue weighted by atomic mass is 9.99. The first-order valence-electron chi connectivity index (χ1n) is 8.48. The molecule has 1 aromatic carbocycles. The van der Waals surface area contributed by atoms with Gasteiger partial charge in [0.15, 0.2) is 24.0 Å². The molecule has 0 saturated carbocycles. The summed E-state index contributed by atoms with van der Waals surface area (Å²) in [6, 6.07) is 6.49. The van der Waals surface area contributed by atoms with Crippen LogP contribution in [0.3, 0.4) is 0 Å². The van der Waals surface area contributed by atoms with Crippen LogP contribution in [0.1, 0.15) is 27.7 Å². The van der Waals surface area contributed by atoms with Crippen molar-refractivity contribution in [2.24, 2.45) is 0 Å². The normalized spacial score (nSPS) is 37.0. The third-order valence-corrected chi connectivity index (χ3v) is 4.67. The van der Waals surface area contributed by atoms with Crippen molar-refractivity contribution in [3.63, 3.8) is 0 Å². The maximum absolute atomic E-state index is 12.7. The molecule has 1 aromatic rings. The molecule has 0 unspecified atom stereocenters. The van der Waals surface area contributed by atoms with Gasteiger partial charge in [-0.2, -0.15) is 0 Å². The van der Waals surface area contributed by atoms with Crippen molar-refractivity contribution in [3.8, 4) is 5.75 Å². The molecule has 8 heteroatoms. The number of esters is 1. The fourth-order valence-corrected chi connectivity index (χ4v) is 3.60. The Labute approximate surface area is 156 Å². The number of carbonyl (C=O) groups is 1. The van der Waals surface area contributed by atoms with Crippen LogP contribution in [-0.4, -0.2) is 48.2 Å². The van der Waals surface area contributed by atoms with Crippen molar-refractivity contribution in [3.05, 3.63) is 29.3 Å². The van der Waals surface area contributed by atoms with Crippen molar-refractivity contribution in [1.29, 1.82) is 0 Å². The monoisotopic (exact) mass is 384 g/mol. The molecule has 0 aliphatic carbocycles. The largest absolute Gasteiger partial charge is 0.425 e. The zero-order valence-electron chi connectivity index (χ0n) is 14.9. The smallest absolute Gasteiger partial charge is 0.343 e.